The van der Waals surface area contributed by atoms with Crippen LogP contribution in [0.5, 0.6) is 11.5 Å². The number of cyclic esters (lactones) is 1. The molecule has 2 rings (SSSR count). The maximum absolute atomic E-state index is 11.1. The Morgan fingerprint density at radius 3 is 2.50 bits per heavy atom. The van der Waals surface area contributed by atoms with Gasteiger partial charge in [0.25, 0.3) is 0 Å². The Kier molecular flexibility index (Phi) is 4.13. The fourth-order valence-electron chi connectivity index (χ4n) is 2.08. The Morgan fingerprint density at radius 1 is 1.30 bits per heavy atom. The molecule has 1 aliphatic rings. The van der Waals surface area contributed by atoms with Gasteiger partial charge in [0.15, 0.2) is 12.2 Å². The third-order valence-electron chi connectivity index (χ3n) is 3.40. The first-order valence-electron chi connectivity index (χ1n) is 6.39. The van der Waals surface area contributed by atoms with Crippen LogP contribution in [0.3, 0.4) is 0 Å². The lowest BCUT2D eigenvalue weighted by Crippen LogP contribution is -2.29. The van der Waals surface area contributed by atoms with E-state index in [1.54, 1.807) is 19.3 Å². The van der Waals surface area contributed by atoms with Gasteiger partial charge < -0.3 is 14.2 Å². The van der Waals surface area contributed by atoms with Crippen molar-refractivity contribution in [2.45, 2.75) is 26.1 Å². The van der Waals surface area contributed by atoms with E-state index in [0.717, 1.165) is 22.6 Å². The van der Waals surface area contributed by atoms with Crippen molar-refractivity contribution in [1.82, 2.24) is 0 Å². The van der Waals surface area contributed by atoms with Crippen molar-refractivity contribution in [3.05, 3.63) is 48.1 Å². The van der Waals surface area contributed by atoms with Crippen LogP contribution in [0.25, 0.3) is 0 Å². The fourth-order valence-corrected chi connectivity index (χ4v) is 2.08. The topological polar surface area (TPSA) is 44.8 Å². The highest BCUT2D eigenvalue weighted by atomic mass is 16.6. The lowest BCUT2D eigenvalue weighted by molar-refractivity contribution is -0.140. The van der Waals surface area contributed by atoms with Crippen molar-refractivity contribution in [1.29, 1.82) is 0 Å². The molecule has 20 heavy (non-hydrogen) atoms. The number of esters is 1. The van der Waals surface area contributed by atoms with Crippen LogP contribution >= 0.6 is 0 Å². The Balaban J connectivity index is 2.20. The number of ether oxygens (including phenoxy) is 3. The van der Waals surface area contributed by atoms with Gasteiger partial charge in [0, 0.05) is 6.08 Å². The maximum atomic E-state index is 11.1. The summed E-state index contributed by atoms with van der Waals surface area (Å²) in [7, 11) is 1.64. The summed E-state index contributed by atoms with van der Waals surface area (Å²) in [4.78, 5) is 11.1. The smallest absolute Gasteiger partial charge is 0.331 e. The van der Waals surface area contributed by atoms with Gasteiger partial charge in [-0.25, -0.2) is 4.79 Å². The highest BCUT2D eigenvalue weighted by Crippen LogP contribution is 2.30. The number of rotatable bonds is 5. The van der Waals surface area contributed by atoms with Crippen molar-refractivity contribution in [2.75, 3.05) is 7.11 Å². The minimum Gasteiger partial charge on any atom is -0.496 e. The number of hydrogen-bond donors (Lipinski definition) is 0. The van der Waals surface area contributed by atoms with E-state index < -0.39 is 12.2 Å². The number of carbonyl (C=O) groups excluding carboxylic acids is 1. The van der Waals surface area contributed by atoms with Crippen molar-refractivity contribution in [2.24, 2.45) is 0 Å². The van der Waals surface area contributed by atoms with Crippen molar-refractivity contribution in [3.63, 3.8) is 0 Å². The van der Waals surface area contributed by atoms with E-state index in [1.807, 2.05) is 26.0 Å². The van der Waals surface area contributed by atoms with E-state index in [2.05, 4.69) is 6.58 Å². The maximum Gasteiger partial charge on any atom is 0.331 e. The van der Waals surface area contributed by atoms with Gasteiger partial charge in [0.2, 0.25) is 0 Å². The summed E-state index contributed by atoms with van der Waals surface area (Å²) in [6.45, 7) is 7.67. The molecule has 0 radical (unpaired) electrons. The van der Waals surface area contributed by atoms with Gasteiger partial charge in [-0.1, -0.05) is 6.58 Å². The molecule has 0 bridgehead atoms. The minimum atomic E-state index is -0.429. The first kappa shape index (κ1) is 14.2. The zero-order valence-electron chi connectivity index (χ0n) is 11.9. The Morgan fingerprint density at radius 2 is 1.95 bits per heavy atom. The Labute approximate surface area is 118 Å². The molecule has 0 amide bonds. The third-order valence-corrected chi connectivity index (χ3v) is 3.40. The van der Waals surface area contributed by atoms with Crippen LogP contribution in [0.15, 0.2) is 36.9 Å². The van der Waals surface area contributed by atoms with Crippen molar-refractivity contribution >= 4 is 5.97 Å². The summed E-state index contributed by atoms with van der Waals surface area (Å²) < 4.78 is 16.3. The summed E-state index contributed by atoms with van der Waals surface area (Å²) in [5, 5.41) is 0. The lowest BCUT2D eigenvalue weighted by Gasteiger charge is -2.22. The van der Waals surface area contributed by atoms with Crippen LogP contribution in [0.2, 0.25) is 0 Å². The largest absolute Gasteiger partial charge is 0.496 e. The van der Waals surface area contributed by atoms with Crippen molar-refractivity contribution in [3.8, 4) is 11.5 Å². The molecule has 1 heterocycles. The molecule has 2 atom stereocenters. The second-order valence-electron chi connectivity index (χ2n) is 4.59. The third kappa shape index (κ3) is 2.69. The summed E-state index contributed by atoms with van der Waals surface area (Å²) in [5.41, 5.74) is 2.01. The van der Waals surface area contributed by atoms with Crippen LogP contribution in [0.4, 0.5) is 0 Å². The van der Waals surface area contributed by atoms with Crippen LogP contribution in [0, 0.1) is 13.8 Å². The van der Waals surface area contributed by atoms with Crippen LogP contribution in [-0.4, -0.2) is 25.3 Å². The van der Waals surface area contributed by atoms with Gasteiger partial charge in [-0.2, -0.15) is 0 Å². The second-order valence-corrected chi connectivity index (χ2v) is 4.59. The van der Waals surface area contributed by atoms with E-state index in [-0.39, 0.29) is 5.97 Å². The summed E-state index contributed by atoms with van der Waals surface area (Å²) >= 11 is 0. The Hall–Kier alpha value is -2.23. The molecule has 106 valence electrons. The molecule has 4 heteroatoms. The first-order valence-corrected chi connectivity index (χ1v) is 6.39. The van der Waals surface area contributed by atoms with Crippen LogP contribution in [-0.2, 0) is 9.53 Å². The van der Waals surface area contributed by atoms with E-state index in [1.165, 1.54) is 6.08 Å². The molecule has 0 saturated heterocycles. The zero-order valence-corrected chi connectivity index (χ0v) is 11.9. The molecule has 0 unspecified atom stereocenters. The van der Waals surface area contributed by atoms with E-state index in [9.17, 15) is 4.79 Å². The predicted octanol–water partition coefficient (Wildman–Crippen LogP) is 2.73. The van der Waals surface area contributed by atoms with E-state index in [0.29, 0.717) is 0 Å². The number of carbonyl (C=O) groups is 1. The molecular formula is C16H18O4. The molecule has 1 aromatic rings. The number of hydrogen-bond acceptors (Lipinski definition) is 4. The van der Waals surface area contributed by atoms with Crippen LogP contribution < -0.4 is 9.47 Å². The van der Waals surface area contributed by atoms with Gasteiger partial charge in [-0.3, -0.25) is 0 Å². The molecule has 1 aromatic carbocycles. The molecule has 0 saturated carbocycles. The average molecular weight is 274 g/mol. The molecule has 0 N–H and O–H groups in total. The van der Waals surface area contributed by atoms with Crippen LogP contribution in [0.1, 0.15) is 11.1 Å². The molecule has 0 aliphatic carbocycles. The van der Waals surface area contributed by atoms with Gasteiger partial charge in [0.1, 0.15) is 11.5 Å². The first-order chi connectivity index (χ1) is 9.56. The lowest BCUT2D eigenvalue weighted by atomic mass is 10.1. The Bertz CT molecular complexity index is 560. The van der Waals surface area contributed by atoms with Crippen molar-refractivity contribution < 1.29 is 19.0 Å². The monoisotopic (exact) mass is 274 g/mol. The number of methoxy groups -OCH3 is 1. The molecule has 0 fully saturated rings. The molecule has 0 spiro atoms. The normalized spacial score (nSPS) is 18.6. The number of benzene rings is 1. The van der Waals surface area contributed by atoms with E-state index >= 15 is 0 Å². The van der Waals surface area contributed by atoms with Gasteiger partial charge in [0.05, 0.1) is 7.11 Å². The predicted molar refractivity (Wildman–Crippen MR) is 76.1 cm³/mol. The summed E-state index contributed by atoms with van der Waals surface area (Å²) in [6.07, 6.45) is 3.87. The molecule has 4 nitrogen and oxygen atoms in total. The van der Waals surface area contributed by atoms with Gasteiger partial charge in [-0.15, -0.1) is 0 Å². The summed E-state index contributed by atoms with van der Waals surface area (Å²) in [6, 6.07) is 3.70. The van der Waals surface area contributed by atoms with Gasteiger partial charge in [-0.05, 0) is 49.3 Å². The molecular weight excluding hydrogens is 256 g/mol. The highest BCUT2D eigenvalue weighted by molar-refractivity contribution is 5.84. The fraction of sp³-hybridized carbons (Fsp3) is 0.312. The standard InChI is InChI=1S/C16H18O4/c1-5-12(15-8-9-16(17)20-15)19-14-7-6-13(18-4)10(2)11(14)3/h5-9,12,15H,1H2,2-4H3/t12-,15-/m0/s1. The summed E-state index contributed by atoms with van der Waals surface area (Å²) in [5.74, 6) is 1.19. The van der Waals surface area contributed by atoms with E-state index in [4.69, 9.17) is 14.2 Å². The molecule has 0 aromatic heterocycles. The minimum absolute atomic E-state index is 0.354. The second kappa shape index (κ2) is 5.82. The SMILES string of the molecule is C=C[C@H](Oc1ccc(OC)c(C)c1C)[C@@H]1C=CC(=O)O1. The van der Waals surface area contributed by atoms with Gasteiger partial charge >= 0.3 is 5.97 Å². The highest BCUT2D eigenvalue weighted by Gasteiger charge is 2.26. The quantitative estimate of drug-likeness (QED) is 0.611. The average Bonchev–Trinajstić information content (AvgIpc) is 2.87. The zero-order chi connectivity index (χ0) is 14.7. The molecule has 1 aliphatic heterocycles.